The molecule has 0 amide bonds. The van der Waals surface area contributed by atoms with E-state index in [0.717, 1.165) is 11.3 Å². The fourth-order valence-electron chi connectivity index (χ4n) is 3.16. The Labute approximate surface area is 101 Å². The normalized spacial score (nSPS) is 26.2. The highest BCUT2D eigenvalue weighted by atomic mass is 15.2. The summed E-state index contributed by atoms with van der Waals surface area (Å²) in [7, 11) is 0. The van der Waals surface area contributed by atoms with Crippen molar-refractivity contribution in [2.75, 3.05) is 39.3 Å². The molecule has 0 N–H and O–H groups in total. The van der Waals surface area contributed by atoms with Gasteiger partial charge in [-0.1, -0.05) is 20.8 Å². The Balaban J connectivity index is 1.67. The van der Waals surface area contributed by atoms with Gasteiger partial charge in [0.1, 0.15) is 0 Å². The van der Waals surface area contributed by atoms with Crippen molar-refractivity contribution in [3.63, 3.8) is 0 Å². The molecule has 0 aromatic heterocycles. The van der Waals surface area contributed by atoms with Crippen LogP contribution in [-0.2, 0) is 0 Å². The zero-order chi connectivity index (χ0) is 11.6. The molecule has 2 aliphatic heterocycles. The predicted octanol–water partition coefficient (Wildman–Crippen LogP) is 2.45. The van der Waals surface area contributed by atoms with Crippen molar-refractivity contribution in [2.45, 2.75) is 40.0 Å². The average Bonchev–Trinajstić information content (AvgIpc) is 2.24. The number of hydrogen-bond acceptors (Lipinski definition) is 2. The van der Waals surface area contributed by atoms with Crippen LogP contribution in [0.2, 0.25) is 0 Å². The molecule has 16 heavy (non-hydrogen) atoms. The van der Waals surface area contributed by atoms with Crippen LogP contribution in [-0.4, -0.2) is 49.1 Å². The van der Waals surface area contributed by atoms with Crippen molar-refractivity contribution in [2.24, 2.45) is 11.3 Å². The lowest BCUT2D eigenvalue weighted by molar-refractivity contribution is -0.0470. The van der Waals surface area contributed by atoms with E-state index in [0.29, 0.717) is 0 Å². The zero-order valence-corrected chi connectivity index (χ0v) is 11.3. The second-order valence-electron chi connectivity index (χ2n) is 6.33. The third kappa shape index (κ3) is 2.78. The molecule has 2 saturated heterocycles. The summed E-state index contributed by atoms with van der Waals surface area (Å²) in [5.74, 6) is 0.860. The highest BCUT2D eigenvalue weighted by molar-refractivity contribution is 4.97. The van der Waals surface area contributed by atoms with Gasteiger partial charge in [0.25, 0.3) is 0 Å². The molecular weight excluding hydrogens is 196 g/mol. The summed E-state index contributed by atoms with van der Waals surface area (Å²) in [4.78, 5) is 5.27. The molecule has 0 aromatic rings. The smallest absolute Gasteiger partial charge is 0.00514 e. The van der Waals surface area contributed by atoms with Gasteiger partial charge in [-0.25, -0.2) is 0 Å². The molecule has 94 valence electrons. The van der Waals surface area contributed by atoms with Gasteiger partial charge in [-0.15, -0.1) is 0 Å². The monoisotopic (exact) mass is 224 g/mol. The highest BCUT2D eigenvalue weighted by Crippen LogP contribution is 2.40. The summed E-state index contributed by atoms with van der Waals surface area (Å²) in [5.41, 5.74) is 0.725. The van der Waals surface area contributed by atoms with E-state index in [1.165, 1.54) is 58.5 Å². The molecule has 2 rings (SSSR count). The minimum absolute atomic E-state index is 0.725. The lowest BCUT2D eigenvalue weighted by Gasteiger charge is -2.54. The van der Waals surface area contributed by atoms with Crippen LogP contribution in [0.4, 0.5) is 0 Å². The molecule has 0 radical (unpaired) electrons. The fraction of sp³-hybridized carbons (Fsp3) is 1.00. The Morgan fingerprint density at radius 2 is 1.69 bits per heavy atom. The zero-order valence-electron chi connectivity index (χ0n) is 11.3. The van der Waals surface area contributed by atoms with Gasteiger partial charge in [-0.3, -0.25) is 0 Å². The Morgan fingerprint density at radius 3 is 2.19 bits per heavy atom. The molecule has 2 heteroatoms. The molecule has 0 unspecified atom stereocenters. The average molecular weight is 224 g/mol. The van der Waals surface area contributed by atoms with Crippen molar-refractivity contribution < 1.29 is 0 Å². The second-order valence-corrected chi connectivity index (χ2v) is 6.33. The Morgan fingerprint density at radius 1 is 1.06 bits per heavy atom. The molecule has 1 spiro atoms. The molecule has 2 heterocycles. The SMILES string of the molecule is CCN1CCC2(CC1)CN(CCC(C)C)C2. The third-order valence-corrected chi connectivity index (χ3v) is 4.50. The minimum atomic E-state index is 0.725. The van der Waals surface area contributed by atoms with E-state index in [2.05, 4.69) is 30.6 Å². The van der Waals surface area contributed by atoms with Crippen LogP contribution >= 0.6 is 0 Å². The molecular formula is C14H28N2. The van der Waals surface area contributed by atoms with Gasteiger partial charge in [0.2, 0.25) is 0 Å². The maximum atomic E-state index is 2.67. The first-order chi connectivity index (χ1) is 7.63. The summed E-state index contributed by atoms with van der Waals surface area (Å²) in [6.07, 6.45) is 4.26. The van der Waals surface area contributed by atoms with Crippen LogP contribution in [0.15, 0.2) is 0 Å². The molecule has 2 aliphatic rings. The van der Waals surface area contributed by atoms with Crippen molar-refractivity contribution in [1.29, 1.82) is 0 Å². The summed E-state index contributed by atoms with van der Waals surface area (Å²) in [5, 5.41) is 0. The number of likely N-dealkylation sites (tertiary alicyclic amines) is 2. The standard InChI is InChI=1S/C14H28N2/c1-4-15-9-6-14(7-10-15)11-16(12-14)8-5-13(2)3/h13H,4-12H2,1-3H3. The lowest BCUT2D eigenvalue weighted by Crippen LogP contribution is -2.60. The summed E-state index contributed by atoms with van der Waals surface area (Å²) in [6.45, 7) is 15.0. The van der Waals surface area contributed by atoms with Gasteiger partial charge in [0.15, 0.2) is 0 Å². The third-order valence-electron chi connectivity index (χ3n) is 4.50. The maximum Gasteiger partial charge on any atom is 0.00514 e. The van der Waals surface area contributed by atoms with Crippen LogP contribution in [0.25, 0.3) is 0 Å². The van der Waals surface area contributed by atoms with Crippen molar-refractivity contribution in [3.8, 4) is 0 Å². The number of hydrogen-bond donors (Lipinski definition) is 0. The van der Waals surface area contributed by atoms with Crippen molar-refractivity contribution in [1.82, 2.24) is 9.80 Å². The summed E-state index contributed by atoms with van der Waals surface area (Å²) >= 11 is 0. The first kappa shape index (κ1) is 12.4. The van der Waals surface area contributed by atoms with Crippen molar-refractivity contribution in [3.05, 3.63) is 0 Å². The van der Waals surface area contributed by atoms with E-state index < -0.39 is 0 Å². The van der Waals surface area contributed by atoms with E-state index in [1.54, 1.807) is 0 Å². The molecule has 0 aliphatic carbocycles. The minimum Gasteiger partial charge on any atom is -0.304 e. The number of nitrogens with zero attached hydrogens (tertiary/aromatic N) is 2. The van der Waals surface area contributed by atoms with Gasteiger partial charge in [0, 0.05) is 13.1 Å². The molecule has 0 saturated carbocycles. The molecule has 0 bridgehead atoms. The number of rotatable bonds is 4. The molecule has 0 aromatic carbocycles. The van der Waals surface area contributed by atoms with Gasteiger partial charge >= 0.3 is 0 Å². The Kier molecular flexibility index (Phi) is 3.91. The topological polar surface area (TPSA) is 6.48 Å². The van der Waals surface area contributed by atoms with E-state index in [9.17, 15) is 0 Å². The number of piperidine rings is 1. The second kappa shape index (κ2) is 5.05. The summed E-state index contributed by atoms with van der Waals surface area (Å²) < 4.78 is 0. The van der Waals surface area contributed by atoms with E-state index in [1.807, 2.05) is 0 Å². The fourth-order valence-corrected chi connectivity index (χ4v) is 3.16. The van der Waals surface area contributed by atoms with Crippen LogP contribution in [0, 0.1) is 11.3 Å². The molecule has 2 fully saturated rings. The van der Waals surface area contributed by atoms with Gasteiger partial charge in [-0.05, 0) is 56.8 Å². The molecule has 0 atom stereocenters. The largest absolute Gasteiger partial charge is 0.304 e. The van der Waals surface area contributed by atoms with Gasteiger partial charge in [-0.2, -0.15) is 0 Å². The molecule has 2 nitrogen and oxygen atoms in total. The summed E-state index contributed by atoms with van der Waals surface area (Å²) in [6, 6.07) is 0. The van der Waals surface area contributed by atoms with E-state index >= 15 is 0 Å². The maximum absolute atomic E-state index is 2.67. The van der Waals surface area contributed by atoms with Crippen LogP contribution in [0.3, 0.4) is 0 Å². The highest BCUT2D eigenvalue weighted by Gasteiger charge is 2.43. The quantitative estimate of drug-likeness (QED) is 0.724. The predicted molar refractivity (Wildman–Crippen MR) is 69.7 cm³/mol. The first-order valence-electron chi connectivity index (χ1n) is 7.08. The van der Waals surface area contributed by atoms with E-state index in [4.69, 9.17) is 0 Å². The van der Waals surface area contributed by atoms with Gasteiger partial charge in [0.05, 0.1) is 0 Å². The van der Waals surface area contributed by atoms with Crippen LogP contribution in [0.1, 0.15) is 40.0 Å². The van der Waals surface area contributed by atoms with Crippen molar-refractivity contribution >= 4 is 0 Å². The van der Waals surface area contributed by atoms with Crippen LogP contribution in [0.5, 0.6) is 0 Å². The Hall–Kier alpha value is -0.0800. The lowest BCUT2D eigenvalue weighted by atomic mass is 9.72. The van der Waals surface area contributed by atoms with Crippen LogP contribution < -0.4 is 0 Å². The van der Waals surface area contributed by atoms with E-state index in [-0.39, 0.29) is 0 Å². The first-order valence-corrected chi connectivity index (χ1v) is 7.08. The van der Waals surface area contributed by atoms with Gasteiger partial charge < -0.3 is 9.80 Å². The Bertz CT molecular complexity index is 209.